The normalized spacial score (nSPS) is 15.6. The zero-order valence-electron chi connectivity index (χ0n) is 23.5. The summed E-state index contributed by atoms with van der Waals surface area (Å²) in [5.74, 6) is -1.26. The summed E-state index contributed by atoms with van der Waals surface area (Å²) in [4.78, 5) is 42.7. The molecule has 0 fully saturated rings. The molecule has 1 aliphatic carbocycles. The first-order chi connectivity index (χ1) is 18.6. The molecule has 2 aromatic carbocycles. The number of nitrogens with zero attached hydrogens (tertiary/aromatic N) is 2. The molecule has 0 spiro atoms. The van der Waals surface area contributed by atoms with Crippen molar-refractivity contribution in [2.45, 2.75) is 59.2 Å². The van der Waals surface area contributed by atoms with Crippen LogP contribution in [0.25, 0.3) is 4.85 Å². The van der Waals surface area contributed by atoms with Gasteiger partial charge in [-0.05, 0) is 46.8 Å². The minimum Gasteiger partial charge on any atom is -0.396 e. The van der Waals surface area contributed by atoms with E-state index in [0.717, 1.165) is 0 Å². The number of carbonyl (C=O) groups is 3. The Bertz CT molecular complexity index is 1240. The Labute approximate surface area is 227 Å². The fourth-order valence-electron chi connectivity index (χ4n) is 4.51. The van der Waals surface area contributed by atoms with Crippen LogP contribution in [0.4, 0.5) is 0 Å². The van der Waals surface area contributed by atoms with E-state index in [1.807, 2.05) is 34.6 Å². The molecule has 8 nitrogen and oxygen atoms in total. The largest absolute Gasteiger partial charge is 0.396 e. The Morgan fingerprint density at radius 3 is 2.21 bits per heavy atom. The number of rotatable bonds is 14. The molecular formula is C29H35N2O6P. The van der Waals surface area contributed by atoms with Gasteiger partial charge in [0.2, 0.25) is 7.98 Å². The van der Waals surface area contributed by atoms with Crippen molar-refractivity contribution in [1.82, 2.24) is 4.67 Å². The molecule has 202 valence electrons. The quantitative estimate of drug-likeness (QED) is 0.128. The van der Waals surface area contributed by atoms with E-state index >= 15 is 0 Å². The minimum atomic E-state index is -1.54. The maximum absolute atomic E-state index is 13.4. The van der Waals surface area contributed by atoms with Crippen LogP contribution in [0.2, 0.25) is 0 Å². The Morgan fingerprint density at radius 2 is 1.63 bits per heavy atom. The second kappa shape index (κ2) is 13.3. The number of hydrogen-bond acceptors (Lipinski definition) is 7. The summed E-state index contributed by atoms with van der Waals surface area (Å²) in [5.41, 5.74) is 1.48. The van der Waals surface area contributed by atoms with E-state index in [-0.39, 0.29) is 66.7 Å². The SMILES string of the molecule is [2H]OC[C@H](CC(=O)c1ccc2c(c1)C(=O)c1ccccc1C2=O)[C@H](C)OP(OCC[N+]#[C-])N(C(C)C)C(C)C. The molecule has 0 bridgehead atoms. The van der Waals surface area contributed by atoms with Crippen molar-refractivity contribution in [3.63, 3.8) is 0 Å². The highest BCUT2D eigenvalue weighted by Gasteiger charge is 2.33. The molecule has 0 radical (unpaired) electrons. The molecule has 9 heteroatoms. The summed E-state index contributed by atoms with van der Waals surface area (Å²) < 4.78 is 21.8. The van der Waals surface area contributed by atoms with Crippen molar-refractivity contribution < 1.29 is 28.5 Å². The monoisotopic (exact) mass is 539 g/mol. The summed E-state index contributed by atoms with van der Waals surface area (Å²) in [6.45, 7) is 17.4. The predicted octanol–water partition coefficient (Wildman–Crippen LogP) is 5.33. The molecular weight excluding hydrogens is 503 g/mol. The van der Waals surface area contributed by atoms with E-state index < -0.39 is 20.5 Å². The van der Waals surface area contributed by atoms with Crippen molar-refractivity contribution in [2.24, 2.45) is 5.92 Å². The third kappa shape index (κ3) is 6.61. The number of Topliss-reactive ketones (excluding diaryl/α,β-unsaturated/α-hetero) is 1. The van der Waals surface area contributed by atoms with Gasteiger partial charge in [0, 0.05) is 58.8 Å². The summed E-state index contributed by atoms with van der Waals surface area (Å²) in [7, 11) is -1.54. The first-order valence-corrected chi connectivity index (χ1v) is 13.9. The first kappa shape index (κ1) is 28.2. The van der Waals surface area contributed by atoms with Gasteiger partial charge in [0.05, 0.1) is 6.10 Å². The van der Waals surface area contributed by atoms with Crippen LogP contribution in [0.15, 0.2) is 42.5 Å². The number of aliphatic hydroxyl groups excluding tert-OH is 1. The lowest BCUT2D eigenvalue weighted by molar-refractivity contribution is 0.0630. The molecule has 3 atom stereocenters. The van der Waals surface area contributed by atoms with Gasteiger partial charge in [-0.3, -0.25) is 14.4 Å². The summed E-state index contributed by atoms with van der Waals surface area (Å²) >= 11 is 0. The van der Waals surface area contributed by atoms with E-state index in [0.29, 0.717) is 16.7 Å². The van der Waals surface area contributed by atoms with Crippen molar-refractivity contribution in [3.8, 4) is 0 Å². The summed E-state index contributed by atoms with van der Waals surface area (Å²) in [6.07, 6.45) is -0.502. The first-order valence-electron chi connectivity index (χ1n) is 13.2. The molecule has 0 heterocycles. The van der Waals surface area contributed by atoms with Crippen LogP contribution in [-0.2, 0) is 9.05 Å². The van der Waals surface area contributed by atoms with Gasteiger partial charge >= 0.3 is 0 Å². The Hall–Kier alpha value is -2.79. The molecule has 38 heavy (non-hydrogen) atoms. The molecule has 0 amide bonds. The smallest absolute Gasteiger partial charge is 0.259 e. The molecule has 2 aromatic rings. The van der Waals surface area contributed by atoms with Gasteiger partial charge in [0.15, 0.2) is 17.3 Å². The second-order valence-corrected chi connectivity index (χ2v) is 11.3. The fraction of sp³-hybridized carbons (Fsp3) is 0.448. The number of carbonyl (C=O) groups excluding carboxylic acids is 3. The maximum Gasteiger partial charge on any atom is 0.259 e. The van der Waals surface area contributed by atoms with Crippen molar-refractivity contribution in [1.29, 1.82) is 1.43 Å². The van der Waals surface area contributed by atoms with Crippen LogP contribution in [-0.4, -0.2) is 66.5 Å². The molecule has 0 saturated carbocycles. The molecule has 0 aromatic heterocycles. The van der Waals surface area contributed by atoms with Crippen molar-refractivity contribution >= 4 is 25.9 Å². The summed E-state index contributed by atoms with van der Waals surface area (Å²) in [6, 6.07) is 11.5. The van der Waals surface area contributed by atoms with Gasteiger partial charge in [-0.15, -0.1) is 0 Å². The van der Waals surface area contributed by atoms with Crippen LogP contribution >= 0.6 is 8.53 Å². The third-order valence-corrected chi connectivity index (χ3v) is 8.70. The minimum absolute atomic E-state index is 0.00609. The molecule has 1 unspecified atom stereocenters. The molecule has 0 saturated heterocycles. The van der Waals surface area contributed by atoms with Gasteiger partial charge in [-0.25, -0.2) is 11.2 Å². The van der Waals surface area contributed by atoms with E-state index in [1.54, 1.807) is 30.3 Å². The molecule has 0 aliphatic heterocycles. The lowest BCUT2D eigenvalue weighted by Crippen LogP contribution is -2.36. The topological polar surface area (TPSA) is 97.5 Å². The van der Waals surface area contributed by atoms with Gasteiger partial charge in [-0.2, -0.15) is 0 Å². The Morgan fingerprint density at radius 1 is 1.03 bits per heavy atom. The van der Waals surface area contributed by atoms with Crippen LogP contribution in [0, 0.1) is 12.5 Å². The third-order valence-electron chi connectivity index (χ3n) is 6.48. The highest BCUT2D eigenvalue weighted by molar-refractivity contribution is 7.44. The predicted molar refractivity (Wildman–Crippen MR) is 146 cm³/mol. The number of ketones is 3. The molecule has 1 N–H and O–H groups in total. The lowest BCUT2D eigenvalue weighted by Gasteiger charge is -2.37. The van der Waals surface area contributed by atoms with Crippen molar-refractivity contribution in [3.05, 3.63) is 81.7 Å². The summed E-state index contributed by atoms with van der Waals surface area (Å²) in [5, 5.41) is 4.69. The van der Waals surface area contributed by atoms with E-state index in [4.69, 9.17) is 22.2 Å². The zero-order valence-corrected chi connectivity index (χ0v) is 23.4. The van der Waals surface area contributed by atoms with Crippen LogP contribution in [0.5, 0.6) is 0 Å². The number of aliphatic hydroxyl groups is 1. The average Bonchev–Trinajstić information content (AvgIpc) is 2.90. The Kier molecular flexibility index (Phi) is 9.90. The van der Waals surface area contributed by atoms with E-state index in [1.165, 1.54) is 12.1 Å². The number of fused-ring (bicyclic) bond motifs is 2. The zero-order chi connectivity index (χ0) is 28.7. The van der Waals surface area contributed by atoms with Crippen LogP contribution < -0.4 is 0 Å². The molecule has 3 rings (SSSR count). The van der Waals surface area contributed by atoms with Crippen molar-refractivity contribution in [2.75, 3.05) is 19.8 Å². The second-order valence-electron chi connectivity index (χ2n) is 9.85. The average molecular weight is 540 g/mol. The van der Waals surface area contributed by atoms with Gasteiger partial charge < -0.3 is 19.0 Å². The highest BCUT2D eigenvalue weighted by Crippen LogP contribution is 2.48. The van der Waals surface area contributed by atoms with E-state index in [9.17, 15) is 14.4 Å². The lowest BCUT2D eigenvalue weighted by atomic mass is 9.82. The number of hydrogen-bond donors (Lipinski definition) is 1. The Balaban J connectivity index is 1.80. The van der Waals surface area contributed by atoms with E-state index in [2.05, 4.69) is 9.52 Å². The van der Waals surface area contributed by atoms with Crippen LogP contribution in [0.1, 0.15) is 83.2 Å². The standard InChI is InChI=1S/C29H35N2O6P/c1-18(2)31(19(3)4)38(36-14-13-30-6)37-20(5)22(17-32)16-27(33)21-11-12-25-26(15-21)29(35)24-10-8-7-9-23(24)28(25)34/h7-12,15,18-20,22,32H,13-14,16-17H2,1-5H3/t20-,22-,38?/m0/s1/i32D. The maximum atomic E-state index is 13.4. The fourth-order valence-corrected chi connectivity index (χ4v) is 6.26. The molecule has 1 aliphatic rings. The van der Waals surface area contributed by atoms with Gasteiger partial charge in [-0.1, -0.05) is 30.3 Å². The highest BCUT2D eigenvalue weighted by atomic mass is 31.2. The van der Waals surface area contributed by atoms with Gasteiger partial charge in [0.25, 0.3) is 8.53 Å². The number of benzene rings is 2. The van der Waals surface area contributed by atoms with Crippen LogP contribution in [0.3, 0.4) is 0 Å². The van der Waals surface area contributed by atoms with Gasteiger partial charge in [0.1, 0.15) is 6.61 Å².